The highest BCUT2D eigenvalue weighted by molar-refractivity contribution is 7.91. The van der Waals surface area contributed by atoms with Crippen LogP contribution in [0.15, 0.2) is 46.0 Å². The lowest BCUT2D eigenvalue weighted by molar-refractivity contribution is 0.0963. The molecule has 1 N–H and O–H groups in total. The van der Waals surface area contributed by atoms with Crippen molar-refractivity contribution >= 4 is 27.3 Å². The summed E-state index contributed by atoms with van der Waals surface area (Å²) < 4.78 is 26.2. The molecular weight excluding hydrogens is 308 g/mol. The van der Waals surface area contributed by atoms with Gasteiger partial charge >= 0.3 is 0 Å². The SMILES string of the molecule is CNC(=O)c1ccc(CN(C)S(=O)(=O)c2cccs2)cc1. The Balaban J connectivity index is 2.13. The maximum Gasteiger partial charge on any atom is 0.252 e. The summed E-state index contributed by atoms with van der Waals surface area (Å²) in [6.07, 6.45) is 0. The van der Waals surface area contributed by atoms with Crippen LogP contribution in [0.2, 0.25) is 0 Å². The molecule has 1 aromatic heterocycles. The van der Waals surface area contributed by atoms with E-state index in [1.54, 1.807) is 55.9 Å². The number of rotatable bonds is 5. The summed E-state index contributed by atoms with van der Waals surface area (Å²) in [4.78, 5) is 11.4. The van der Waals surface area contributed by atoms with Gasteiger partial charge in [-0.05, 0) is 29.1 Å². The number of sulfonamides is 1. The number of hydrogen-bond donors (Lipinski definition) is 1. The zero-order valence-electron chi connectivity index (χ0n) is 11.7. The lowest BCUT2D eigenvalue weighted by Crippen LogP contribution is -2.25. The molecule has 21 heavy (non-hydrogen) atoms. The quantitative estimate of drug-likeness (QED) is 0.914. The minimum atomic E-state index is -3.45. The van der Waals surface area contributed by atoms with Gasteiger partial charge in [0.2, 0.25) is 0 Å². The lowest BCUT2D eigenvalue weighted by Gasteiger charge is -2.16. The van der Waals surface area contributed by atoms with Crippen LogP contribution in [0.25, 0.3) is 0 Å². The van der Waals surface area contributed by atoms with Gasteiger partial charge in [0.05, 0.1) is 0 Å². The summed E-state index contributed by atoms with van der Waals surface area (Å²) in [6.45, 7) is 0.258. The number of hydrogen-bond acceptors (Lipinski definition) is 4. The van der Waals surface area contributed by atoms with E-state index in [2.05, 4.69) is 5.32 Å². The fraction of sp³-hybridized carbons (Fsp3) is 0.214. The van der Waals surface area contributed by atoms with Gasteiger partial charge in [0.15, 0.2) is 0 Å². The van der Waals surface area contributed by atoms with Crippen LogP contribution in [0.3, 0.4) is 0 Å². The summed E-state index contributed by atoms with van der Waals surface area (Å²) >= 11 is 1.20. The Morgan fingerprint density at radius 3 is 2.43 bits per heavy atom. The number of amides is 1. The van der Waals surface area contributed by atoms with E-state index in [-0.39, 0.29) is 12.5 Å². The minimum Gasteiger partial charge on any atom is -0.355 e. The highest BCUT2D eigenvalue weighted by atomic mass is 32.2. The van der Waals surface area contributed by atoms with Crippen molar-refractivity contribution in [2.75, 3.05) is 14.1 Å². The maximum atomic E-state index is 12.3. The second-order valence-corrected chi connectivity index (χ2v) is 7.69. The Morgan fingerprint density at radius 1 is 1.24 bits per heavy atom. The summed E-state index contributed by atoms with van der Waals surface area (Å²) in [5.41, 5.74) is 1.37. The number of nitrogens with zero attached hydrogens (tertiary/aromatic N) is 1. The lowest BCUT2D eigenvalue weighted by atomic mass is 10.1. The molecule has 0 spiro atoms. The van der Waals surface area contributed by atoms with Gasteiger partial charge in [-0.3, -0.25) is 4.79 Å². The van der Waals surface area contributed by atoms with Crippen LogP contribution >= 0.6 is 11.3 Å². The van der Waals surface area contributed by atoms with E-state index in [0.717, 1.165) is 5.56 Å². The van der Waals surface area contributed by atoms with Crippen LogP contribution in [-0.2, 0) is 16.6 Å². The largest absolute Gasteiger partial charge is 0.355 e. The van der Waals surface area contributed by atoms with Crippen LogP contribution in [0.5, 0.6) is 0 Å². The molecule has 0 aliphatic heterocycles. The van der Waals surface area contributed by atoms with E-state index < -0.39 is 10.0 Å². The maximum absolute atomic E-state index is 12.3. The number of nitrogens with one attached hydrogen (secondary N) is 1. The number of carbonyl (C=O) groups excluding carboxylic acids is 1. The average molecular weight is 324 g/mol. The predicted molar refractivity (Wildman–Crippen MR) is 82.8 cm³/mol. The van der Waals surface area contributed by atoms with Crippen molar-refractivity contribution in [3.8, 4) is 0 Å². The third-order valence-electron chi connectivity index (χ3n) is 3.01. The Bertz CT molecular complexity index is 707. The number of thiophene rings is 1. The van der Waals surface area contributed by atoms with Gasteiger partial charge in [0.1, 0.15) is 4.21 Å². The fourth-order valence-corrected chi connectivity index (χ4v) is 4.17. The number of carbonyl (C=O) groups is 1. The van der Waals surface area contributed by atoms with Crippen LogP contribution in [0.1, 0.15) is 15.9 Å². The first-order chi connectivity index (χ1) is 9.95. The van der Waals surface area contributed by atoms with Gasteiger partial charge in [-0.2, -0.15) is 4.31 Å². The molecule has 2 aromatic rings. The van der Waals surface area contributed by atoms with Crippen molar-refractivity contribution in [3.05, 3.63) is 52.9 Å². The second kappa shape index (κ2) is 6.38. The molecule has 112 valence electrons. The van der Waals surface area contributed by atoms with Gasteiger partial charge in [-0.1, -0.05) is 18.2 Å². The Kier molecular flexibility index (Phi) is 4.76. The number of benzene rings is 1. The van der Waals surface area contributed by atoms with Gasteiger partial charge in [-0.25, -0.2) is 8.42 Å². The molecule has 0 radical (unpaired) electrons. The highest BCUT2D eigenvalue weighted by Crippen LogP contribution is 2.21. The van der Waals surface area contributed by atoms with Gasteiger partial charge < -0.3 is 5.32 Å². The molecule has 0 aliphatic rings. The van der Waals surface area contributed by atoms with Crippen LogP contribution in [0, 0.1) is 0 Å². The fourth-order valence-electron chi connectivity index (χ4n) is 1.81. The third kappa shape index (κ3) is 3.49. The standard InChI is InChI=1S/C14H16N2O3S2/c1-15-14(17)12-7-5-11(6-8-12)10-16(2)21(18,19)13-4-3-9-20-13/h3-9H,10H2,1-2H3,(H,15,17). The molecule has 5 nitrogen and oxygen atoms in total. The first-order valence-corrected chi connectivity index (χ1v) is 8.58. The van der Waals surface area contributed by atoms with Crippen molar-refractivity contribution in [1.29, 1.82) is 0 Å². The minimum absolute atomic E-state index is 0.166. The van der Waals surface area contributed by atoms with Gasteiger partial charge in [-0.15, -0.1) is 11.3 Å². The first kappa shape index (κ1) is 15.7. The van der Waals surface area contributed by atoms with Crippen molar-refractivity contribution in [3.63, 3.8) is 0 Å². The van der Waals surface area contributed by atoms with Gasteiger partial charge in [0.25, 0.3) is 15.9 Å². The van der Waals surface area contributed by atoms with Crippen molar-refractivity contribution in [1.82, 2.24) is 9.62 Å². The van der Waals surface area contributed by atoms with E-state index in [9.17, 15) is 13.2 Å². The van der Waals surface area contributed by atoms with Crippen molar-refractivity contribution in [2.24, 2.45) is 0 Å². The molecule has 0 bridgehead atoms. The smallest absolute Gasteiger partial charge is 0.252 e. The highest BCUT2D eigenvalue weighted by Gasteiger charge is 2.21. The molecule has 0 fully saturated rings. The molecule has 0 aliphatic carbocycles. The summed E-state index contributed by atoms with van der Waals surface area (Å²) in [5, 5.41) is 4.28. The Labute approximate surface area is 128 Å². The van der Waals surface area contributed by atoms with Crippen LogP contribution in [0.4, 0.5) is 0 Å². The normalized spacial score (nSPS) is 11.6. The zero-order valence-corrected chi connectivity index (χ0v) is 13.4. The van der Waals surface area contributed by atoms with E-state index in [0.29, 0.717) is 9.77 Å². The van der Waals surface area contributed by atoms with E-state index in [1.165, 1.54) is 15.6 Å². The monoisotopic (exact) mass is 324 g/mol. The van der Waals surface area contributed by atoms with Crippen molar-refractivity contribution in [2.45, 2.75) is 10.8 Å². The molecule has 0 atom stereocenters. The second-order valence-electron chi connectivity index (χ2n) is 4.47. The Hall–Kier alpha value is -1.70. The summed E-state index contributed by atoms with van der Waals surface area (Å²) in [5.74, 6) is -0.166. The molecular formula is C14H16N2O3S2. The summed E-state index contributed by atoms with van der Waals surface area (Å²) in [6, 6.07) is 10.2. The average Bonchev–Trinajstić information content (AvgIpc) is 3.02. The third-order valence-corrected chi connectivity index (χ3v) is 6.18. The van der Waals surface area contributed by atoms with Crippen LogP contribution < -0.4 is 5.32 Å². The molecule has 2 rings (SSSR count). The first-order valence-electron chi connectivity index (χ1n) is 6.26. The molecule has 1 heterocycles. The topological polar surface area (TPSA) is 66.5 Å². The van der Waals surface area contributed by atoms with Crippen LogP contribution in [-0.4, -0.2) is 32.7 Å². The van der Waals surface area contributed by atoms with Crippen molar-refractivity contribution < 1.29 is 13.2 Å². The molecule has 1 aromatic carbocycles. The molecule has 0 unspecified atom stereocenters. The van der Waals surface area contributed by atoms with E-state index >= 15 is 0 Å². The Morgan fingerprint density at radius 2 is 1.90 bits per heavy atom. The molecule has 7 heteroatoms. The summed E-state index contributed by atoms with van der Waals surface area (Å²) in [7, 11) is -0.342. The molecule has 1 amide bonds. The molecule has 0 saturated heterocycles. The van der Waals surface area contributed by atoms with Gasteiger partial charge in [0, 0.05) is 26.2 Å². The zero-order chi connectivity index (χ0) is 15.5. The predicted octanol–water partition coefficient (Wildman–Crippen LogP) is 1.93. The van der Waals surface area contributed by atoms with E-state index in [4.69, 9.17) is 0 Å². The molecule has 0 saturated carbocycles. The van der Waals surface area contributed by atoms with E-state index in [1.807, 2.05) is 0 Å².